The van der Waals surface area contributed by atoms with Crippen LogP contribution in [-0.2, 0) is 4.79 Å². The van der Waals surface area contributed by atoms with Gasteiger partial charge < -0.3 is 10.5 Å². The van der Waals surface area contributed by atoms with Gasteiger partial charge in [-0.1, -0.05) is 12.1 Å². The first-order chi connectivity index (χ1) is 9.25. The van der Waals surface area contributed by atoms with Gasteiger partial charge in [-0.3, -0.25) is 10.1 Å². The number of carbonyl (C=O) groups is 1. The topological polar surface area (TPSA) is 103 Å². The van der Waals surface area contributed by atoms with E-state index in [-0.39, 0.29) is 24.9 Å². The highest BCUT2D eigenvalue weighted by atomic mass is 16.5. The molecule has 0 spiro atoms. The first kappa shape index (κ1) is 12.7. The van der Waals surface area contributed by atoms with E-state index < -0.39 is 0 Å². The van der Waals surface area contributed by atoms with Crippen LogP contribution in [0.25, 0.3) is 0 Å². The molecule has 3 N–H and O–H groups in total. The van der Waals surface area contributed by atoms with E-state index in [4.69, 9.17) is 10.5 Å². The molecule has 0 atom stereocenters. The van der Waals surface area contributed by atoms with Crippen LogP contribution in [0.3, 0.4) is 0 Å². The van der Waals surface area contributed by atoms with Crippen LogP contribution in [0.5, 0.6) is 5.75 Å². The normalized spacial score (nSPS) is 9.89. The van der Waals surface area contributed by atoms with Gasteiger partial charge in [0.2, 0.25) is 11.9 Å². The molecule has 1 heterocycles. The summed E-state index contributed by atoms with van der Waals surface area (Å²) in [5.41, 5.74) is 6.25. The molecule has 1 amide bonds. The van der Waals surface area contributed by atoms with Crippen molar-refractivity contribution in [2.45, 2.75) is 6.42 Å². The Balaban J connectivity index is 1.77. The number of para-hydroxylation sites is 2. The predicted molar refractivity (Wildman–Crippen MR) is 69.4 cm³/mol. The molecular formula is C12H13N5O2. The maximum atomic E-state index is 11.6. The van der Waals surface area contributed by atoms with Gasteiger partial charge in [-0.15, -0.1) is 5.10 Å². The lowest BCUT2D eigenvalue weighted by Gasteiger charge is -2.08. The Morgan fingerprint density at radius 2 is 2.16 bits per heavy atom. The lowest BCUT2D eigenvalue weighted by atomic mass is 10.3. The number of hydrogen-bond acceptors (Lipinski definition) is 6. The molecule has 0 radical (unpaired) electrons. The molecule has 19 heavy (non-hydrogen) atoms. The Morgan fingerprint density at radius 1 is 1.32 bits per heavy atom. The Labute approximate surface area is 109 Å². The van der Waals surface area contributed by atoms with E-state index in [0.717, 1.165) is 0 Å². The second kappa shape index (κ2) is 6.29. The van der Waals surface area contributed by atoms with Crippen molar-refractivity contribution >= 4 is 17.5 Å². The first-order valence-electron chi connectivity index (χ1n) is 5.66. The fourth-order valence-corrected chi connectivity index (χ4v) is 1.36. The Hall–Kier alpha value is -2.70. The summed E-state index contributed by atoms with van der Waals surface area (Å²) in [4.78, 5) is 15.4. The second-order valence-electron chi connectivity index (χ2n) is 3.65. The zero-order valence-corrected chi connectivity index (χ0v) is 10.1. The average Bonchev–Trinajstić information content (AvgIpc) is 2.42. The molecule has 0 saturated carbocycles. The molecule has 0 aliphatic heterocycles. The lowest BCUT2D eigenvalue weighted by molar-refractivity contribution is -0.116. The molecule has 0 fully saturated rings. The summed E-state index contributed by atoms with van der Waals surface area (Å²) in [6.07, 6.45) is 3.05. The third-order valence-electron chi connectivity index (χ3n) is 2.24. The van der Waals surface area contributed by atoms with Crippen molar-refractivity contribution in [3.8, 4) is 5.75 Å². The van der Waals surface area contributed by atoms with E-state index in [2.05, 4.69) is 20.5 Å². The summed E-state index contributed by atoms with van der Waals surface area (Å²) in [5.74, 6) is 0.488. The number of benzene rings is 1. The van der Waals surface area contributed by atoms with Crippen LogP contribution in [0.2, 0.25) is 0 Å². The number of rotatable bonds is 5. The van der Waals surface area contributed by atoms with Crippen LogP contribution < -0.4 is 15.8 Å². The van der Waals surface area contributed by atoms with Gasteiger partial charge in [-0.2, -0.15) is 5.10 Å². The van der Waals surface area contributed by atoms with Gasteiger partial charge in [0.15, 0.2) is 0 Å². The number of hydrogen-bond donors (Lipinski definition) is 2. The van der Waals surface area contributed by atoms with Crippen LogP contribution in [0, 0.1) is 0 Å². The second-order valence-corrected chi connectivity index (χ2v) is 3.65. The zero-order chi connectivity index (χ0) is 13.5. The number of nitrogens with two attached hydrogens (primary N) is 1. The molecule has 7 nitrogen and oxygen atoms in total. The largest absolute Gasteiger partial charge is 0.491 e. The van der Waals surface area contributed by atoms with Gasteiger partial charge >= 0.3 is 0 Å². The summed E-state index contributed by atoms with van der Waals surface area (Å²) in [5, 5.41) is 9.76. The fourth-order valence-electron chi connectivity index (χ4n) is 1.36. The number of nitrogens with one attached hydrogen (secondary N) is 1. The summed E-state index contributed by atoms with van der Waals surface area (Å²) in [6, 6.07) is 7.11. The molecule has 98 valence electrons. The molecule has 0 aliphatic rings. The lowest BCUT2D eigenvalue weighted by Crippen LogP contribution is -2.17. The highest BCUT2D eigenvalue weighted by Gasteiger charge is 2.05. The van der Waals surface area contributed by atoms with Crippen LogP contribution in [-0.4, -0.2) is 27.7 Å². The van der Waals surface area contributed by atoms with E-state index >= 15 is 0 Å². The number of ether oxygens (including phenoxy) is 1. The van der Waals surface area contributed by atoms with E-state index in [9.17, 15) is 4.79 Å². The highest BCUT2D eigenvalue weighted by molar-refractivity contribution is 5.88. The minimum absolute atomic E-state index is 0.173. The summed E-state index contributed by atoms with van der Waals surface area (Å²) < 4.78 is 5.40. The Kier molecular flexibility index (Phi) is 4.22. The van der Waals surface area contributed by atoms with Crippen LogP contribution in [0.4, 0.5) is 11.6 Å². The number of aromatic nitrogens is 3. The molecule has 0 aliphatic carbocycles. The molecule has 0 bridgehead atoms. The summed E-state index contributed by atoms with van der Waals surface area (Å²) in [7, 11) is 0. The van der Waals surface area contributed by atoms with Gasteiger partial charge in [-0.25, -0.2) is 4.98 Å². The minimum atomic E-state index is -0.248. The van der Waals surface area contributed by atoms with Crippen LogP contribution in [0.1, 0.15) is 6.42 Å². The highest BCUT2D eigenvalue weighted by Crippen LogP contribution is 2.19. The molecule has 0 unspecified atom stereocenters. The number of anilines is 2. The van der Waals surface area contributed by atoms with E-state index in [0.29, 0.717) is 11.4 Å². The molecule has 7 heteroatoms. The van der Waals surface area contributed by atoms with Crippen molar-refractivity contribution in [1.82, 2.24) is 15.2 Å². The van der Waals surface area contributed by atoms with Crippen LogP contribution >= 0.6 is 0 Å². The quantitative estimate of drug-likeness (QED) is 0.772. The van der Waals surface area contributed by atoms with Crippen molar-refractivity contribution < 1.29 is 9.53 Å². The average molecular weight is 259 g/mol. The standard InChI is InChI=1S/C12H13N5O2/c13-9-3-1-2-4-10(9)19-8-5-11(18)16-12-14-6-7-15-17-12/h1-4,6-7H,5,8,13H2,(H,14,16,17,18). The van der Waals surface area contributed by atoms with Gasteiger partial charge in [0, 0.05) is 0 Å². The van der Waals surface area contributed by atoms with E-state index in [1.54, 1.807) is 12.1 Å². The van der Waals surface area contributed by atoms with Gasteiger partial charge in [0.05, 0.1) is 31.1 Å². The van der Waals surface area contributed by atoms with Gasteiger partial charge in [-0.05, 0) is 12.1 Å². The SMILES string of the molecule is Nc1ccccc1OCCC(=O)Nc1nccnn1. The van der Waals surface area contributed by atoms with Crippen molar-refractivity contribution in [1.29, 1.82) is 0 Å². The molecule has 1 aromatic carbocycles. The number of nitrogens with zero attached hydrogens (tertiary/aromatic N) is 3. The summed E-state index contributed by atoms with van der Waals surface area (Å²) >= 11 is 0. The van der Waals surface area contributed by atoms with Crippen molar-refractivity contribution in [2.75, 3.05) is 17.7 Å². The molecule has 2 rings (SSSR count). The third kappa shape index (κ3) is 3.91. The molecule has 2 aromatic rings. The minimum Gasteiger partial charge on any atom is -0.491 e. The smallest absolute Gasteiger partial charge is 0.249 e. The van der Waals surface area contributed by atoms with Crippen molar-refractivity contribution in [3.63, 3.8) is 0 Å². The Morgan fingerprint density at radius 3 is 2.89 bits per heavy atom. The third-order valence-corrected chi connectivity index (χ3v) is 2.24. The van der Waals surface area contributed by atoms with Crippen LogP contribution in [0.15, 0.2) is 36.7 Å². The van der Waals surface area contributed by atoms with E-state index in [1.807, 2.05) is 12.1 Å². The van der Waals surface area contributed by atoms with Crippen molar-refractivity contribution in [3.05, 3.63) is 36.7 Å². The van der Waals surface area contributed by atoms with Gasteiger partial charge in [0.1, 0.15) is 5.75 Å². The first-order valence-corrected chi connectivity index (χ1v) is 5.66. The maximum absolute atomic E-state index is 11.6. The predicted octanol–water partition coefficient (Wildman–Crippen LogP) is 0.861. The molecule has 0 saturated heterocycles. The number of amides is 1. The molecule has 1 aromatic heterocycles. The zero-order valence-electron chi connectivity index (χ0n) is 10.1. The van der Waals surface area contributed by atoms with E-state index in [1.165, 1.54) is 12.4 Å². The monoisotopic (exact) mass is 259 g/mol. The van der Waals surface area contributed by atoms with Gasteiger partial charge in [0.25, 0.3) is 0 Å². The Bertz CT molecular complexity index is 547. The molecular weight excluding hydrogens is 246 g/mol. The number of nitrogen functional groups attached to an aromatic ring is 1. The number of carbonyl (C=O) groups excluding carboxylic acids is 1. The van der Waals surface area contributed by atoms with Crippen molar-refractivity contribution in [2.24, 2.45) is 0 Å². The maximum Gasteiger partial charge on any atom is 0.249 e. The fraction of sp³-hybridized carbons (Fsp3) is 0.167. The summed E-state index contributed by atoms with van der Waals surface area (Å²) in [6.45, 7) is 0.223.